The Morgan fingerprint density at radius 1 is 1.03 bits per heavy atom. The van der Waals surface area contributed by atoms with Crippen LogP contribution in [-0.2, 0) is 19.1 Å². The molecular weight excluding hydrogens is 504 g/mol. The highest BCUT2D eigenvalue weighted by molar-refractivity contribution is 6.30. The van der Waals surface area contributed by atoms with Crippen LogP contribution in [0.1, 0.15) is 61.6 Å². The molecule has 3 heterocycles. The van der Waals surface area contributed by atoms with E-state index in [4.69, 9.17) is 25.8 Å². The second-order valence-electron chi connectivity index (χ2n) is 9.79. The van der Waals surface area contributed by atoms with Gasteiger partial charge in [-0.2, -0.15) is 0 Å². The SMILES string of the molecule is CCOC(=O)CC1CCN(C(=O)CC2OC(c3ccccc3OC)c3cc(Cl)ccc3-n3cccc32)CC1. The summed E-state index contributed by atoms with van der Waals surface area (Å²) in [6.07, 6.45) is 3.24. The standard InChI is InChI=1S/C30H33ClN2O5/c1-3-37-29(35)17-20-12-15-32(16-13-20)28(34)19-27-25-8-6-14-33(25)24-11-10-21(31)18-23(24)30(38-27)22-7-4-5-9-26(22)36-2/h4-11,14,18,20,27,30H,3,12-13,15-17,19H2,1-2H3. The van der Waals surface area contributed by atoms with Gasteiger partial charge in [0.2, 0.25) is 5.91 Å². The molecule has 0 radical (unpaired) electrons. The predicted molar refractivity (Wildman–Crippen MR) is 145 cm³/mol. The van der Waals surface area contributed by atoms with E-state index in [1.807, 2.05) is 72.6 Å². The Morgan fingerprint density at radius 2 is 1.82 bits per heavy atom. The molecule has 1 aromatic heterocycles. The minimum absolute atomic E-state index is 0.0418. The Morgan fingerprint density at radius 3 is 2.58 bits per heavy atom. The highest BCUT2D eigenvalue weighted by Crippen LogP contribution is 2.44. The van der Waals surface area contributed by atoms with Crippen LogP contribution in [0.3, 0.4) is 0 Å². The molecule has 2 unspecified atom stereocenters. The van der Waals surface area contributed by atoms with Crippen LogP contribution in [0.4, 0.5) is 0 Å². The molecule has 2 aromatic carbocycles. The van der Waals surface area contributed by atoms with E-state index in [-0.39, 0.29) is 24.2 Å². The number of likely N-dealkylation sites (tertiary alicyclic amines) is 1. The summed E-state index contributed by atoms with van der Waals surface area (Å²) in [4.78, 5) is 27.3. The maximum atomic E-state index is 13.5. The fourth-order valence-corrected chi connectivity index (χ4v) is 5.72. The maximum Gasteiger partial charge on any atom is 0.306 e. The molecule has 2 atom stereocenters. The van der Waals surface area contributed by atoms with Gasteiger partial charge in [0, 0.05) is 41.9 Å². The van der Waals surface area contributed by atoms with Gasteiger partial charge in [-0.25, -0.2) is 0 Å². The Hall–Kier alpha value is -3.29. The summed E-state index contributed by atoms with van der Waals surface area (Å²) in [5, 5.41) is 0.612. The Labute approximate surface area is 228 Å². The van der Waals surface area contributed by atoms with Crippen molar-refractivity contribution < 1.29 is 23.8 Å². The van der Waals surface area contributed by atoms with Crippen molar-refractivity contribution in [3.05, 3.63) is 82.6 Å². The number of nitrogens with zero attached hydrogens (tertiary/aromatic N) is 2. The van der Waals surface area contributed by atoms with E-state index in [2.05, 4.69) is 4.57 Å². The zero-order valence-electron chi connectivity index (χ0n) is 21.8. The van der Waals surface area contributed by atoms with Crippen LogP contribution in [0.15, 0.2) is 60.8 Å². The molecule has 8 heteroatoms. The largest absolute Gasteiger partial charge is 0.496 e. The van der Waals surface area contributed by atoms with Crippen LogP contribution in [0.5, 0.6) is 5.75 Å². The van der Waals surface area contributed by atoms with Crippen molar-refractivity contribution in [2.24, 2.45) is 5.92 Å². The predicted octanol–water partition coefficient (Wildman–Crippen LogP) is 5.88. The van der Waals surface area contributed by atoms with E-state index in [0.717, 1.165) is 35.3 Å². The van der Waals surface area contributed by atoms with Crippen molar-refractivity contribution in [1.82, 2.24) is 9.47 Å². The van der Waals surface area contributed by atoms with Gasteiger partial charge in [-0.1, -0.05) is 29.8 Å². The first-order valence-electron chi connectivity index (χ1n) is 13.2. The molecule has 5 rings (SSSR count). The third-order valence-corrected chi connectivity index (χ3v) is 7.69. The van der Waals surface area contributed by atoms with Gasteiger partial charge in [0.05, 0.1) is 31.5 Å². The number of piperidine rings is 1. The number of carbonyl (C=O) groups is 2. The molecule has 2 aliphatic rings. The molecular formula is C30H33ClN2O5. The van der Waals surface area contributed by atoms with E-state index >= 15 is 0 Å². The number of fused-ring (bicyclic) bond motifs is 3. The zero-order chi connectivity index (χ0) is 26.6. The van der Waals surface area contributed by atoms with Gasteiger partial charge in [0.25, 0.3) is 0 Å². The number of esters is 1. The van der Waals surface area contributed by atoms with E-state index in [1.54, 1.807) is 7.11 Å². The topological polar surface area (TPSA) is 70.0 Å². The lowest BCUT2D eigenvalue weighted by molar-refractivity contribution is -0.144. The highest BCUT2D eigenvalue weighted by atomic mass is 35.5. The average molecular weight is 537 g/mol. The molecule has 0 saturated carbocycles. The minimum Gasteiger partial charge on any atom is -0.496 e. The Bertz CT molecular complexity index is 1300. The summed E-state index contributed by atoms with van der Waals surface area (Å²) >= 11 is 6.45. The van der Waals surface area contributed by atoms with Crippen LogP contribution in [0.2, 0.25) is 5.02 Å². The monoisotopic (exact) mass is 536 g/mol. The first-order valence-corrected chi connectivity index (χ1v) is 13.5. The first-order chi connectivity index (χ1) is 18.5. The lowest BCUT2D eigenvalue weighted by Gasteiger charge is -2.33. The lowest BCUT2D eigenvalue weighted by atomic mass is 9.93. The van der Waals surface area contributed by atoms with Crippen molar-refractivity contribution in [3.63, 3.8) is 0 Å². The summed E-state index contributed by atoms with van der Waals surface area (Å²) in [5.74, 6) is 0.842. The Balaban J connectivity index is 1.40. The second kappa shape index (κ2) is 11.6. The third kappa shape index (κ3) is 5.45. The number of amides is 1. The quantitative estimate of drug-likeness (QED) is 0.353. The number of carbonyl (C=O) groups excluding carboxylic acids is 2. The minimum atomic E-state index is -0.479. The van der Waals surface area contributed by atoms with Crippen molar-refractivity contribution in [2.75, 3.05) is 26.8 Å². The van der Waals surface area contributed by atoms with Gasteiger partial charge in [-0.05, 0) is 62.1 Å². The van der Waals surface area contributed by atoms with Gasteiger partial charge in [-0.3, -0.25) is 9.59 Å². The normalized spacial score (nSPS) is 19.3. The fourth-order valence-electron chi connectivity index (χ4n) is 5.54. The van der Waals surface area contributed by atoms with Crippen LogP contribution >= 0.6 is 11.6 Å². The summed E-state index contributed by atoms with van der Waals surface area (Å²) in [7, 11) is 1.64. The molecule has 0 spiro atoms. The highest BCUT2D eigenvalue weighted by Gasteiger charge is 2.34. The molecule has 38 heavy (non-hydrogen) atoms. The number of methoxy groups -OCH3 is 1. The number of hydrogen-bond acceptors (Lipinski definition) is 5. The van der Waals surface area contributed by atoms with Gasteiger partial charge in [0.15, 0.2) is 0 Å². The number of aromatic nitrogens is 1. The molecule has 2 aliphatic heterocycles. The van der Waals surface area contributed by atoms with Crippen LogP contribution in [0.25, 0.3) is 5.69 Å². The molecule has 200 valence electrons. The van der Waals surface area contributed by atoms with Crippen molar-refractivity contribution >= 4 is 23.5 Å². The zero-order valence-corrected chi connectivity index (χ0v) is 22.5. The summed E-state index contributed by atoms with van der Waals surface area (Å²) in [6.45, 7) is 3.47. The lowest BCUT2D eigenvalue weighted by Crippen LogP contribution is -2.39. The number of rotatable bonds is 7. The van der Waals surface area contributed by atoms with Gasteiger partial charge >= 0.3 is 5.97 Å². The van der Waals surface area contributed by atoms with Gasteiger partial charge in [-0.15, -0.1) is 0 Å². The summed E-state index contributed by atoms with van der Waals surface area (Å²) in [6, 6.07) is 17.5. The number of hydrogen-bond donors (Lipinski definition) is 0. The van der Waals surface area contributed by atoms with Crippen LogP contribution in [-0.4, -0.2) is 48.1 Å². The maximum absolute atomic E-state index is 13.5. The first kappa shape index (κ1) is 26.3. The van der Waals surface area contributed by atoms with E-state index in [1.165, 1.54) is 0 Å². The molecule has 0 aliphatic carbocycles. The average Bonchev–Trinajstić information content (AvgIpc) is 3.37. The second-order valence-corrected chi connectivity index (χ2v) is 10.2. The number of ether oxygens (including phenoxy) is 3. The van der Waals surface area contributed by atoms with Gasteiger partial charge in [0.1, 0.15) is 18.0 Å². The molecule has 3 aromatic rings. The van der Waals surface area contributed by atoms with Crippen LogP contribution < -0.4 is 4.74 Å². The third-order valence-electron chi connectivity index (χ3n) is 7.45. The molecule has 0 bridgehead atoms. The summed E-state index contributed by atoms with van der Waals surface area (Å²) in [5.41, 5.74) is 3.66. The van der Waals surface area contributed by atoms with E-state index in [0.29, 0.717) is 36.9 Å². The van der Waals surface area contributed by atoms with Gasteiger partial charge < -0.3 is 23.7 Å². The Kier molecular flexibility index (Phi) is 8.05. The number of halogens is 1. The number of benzene rings is 2. The number of para-hydroxylation sites is 1. The fraction of sp³-hybridized carbons (Fsp3) is 0.400. The molecule has 1 saturated heterocycles. The molecule has 7 nitrogen and oxygen atoms in total. The van der Waals surface area contributed by atoms with Crippen LogP contribution in [0, 0.1) is 5.92 Å². The smallest absolute Gasteiger partial charge is 0.306 e. The van der Waals surface area contributed by atoms with Crippen molar-refractivity contribution in [2.45, 2.75) is 44.8 Å². The van der Waals surface area contributed by atoms with Crippen molar-refractivity contribution in [1.29, 1.82) is 0 Å². The molecule has 1 fully saturated rings. The van der Waals surface area contributed by atoms with E-state index < -0.39 is 12.2 Å². The molecule has 0 N–H and O–H groups in total. The van der Waals surface area contributed by atoms with E-state index in [9.17, 15) is 9.59 Å². The molecule has 1 amide bonds. The van der Waals surface area contributed by atoms with Crippen molar-refractivity contribution in [3.8, 4) is 11.4 Å². The summed E-state index contributed by atoms with van der Waals surface area (Å²) < 4.78 is 19.7.